The third kappa shape index (κ3) is 2.01. The smallest absolute Gasteiger partial charge is 0.231 e. The van der Waals surface area contributed by atoms with Gasteiger partial charge in [-0.1, -0.05) is 0 Å². The third-order valence-corrected chi connectivity index (χ3v) is 3.41. The first-order valence-corrected chi connectivity index (χ1v) is 6.16. The van der Waals surface area contributed by atoms with E-state index >= 15 is 0 Å². The molecule has 2 aliphatic heterocycles. The lowest BCUT2D eigenvalue weighted by Gasteiger charge is -2.12. The van der Waals surface area contributed by atoms with Crippen LogP contribution in [-0.4, -0.2) is 25.8 Å². The molecule has 0 aliphatic carbocycles. The number of benzene rings is 1. The van der Waals surface area contributed by atoms with Crippen LogP contribution >= 0.6 is 0 Å². The third-order valence-electron chi connectivity index (χ3n) is 3.41. The Morgan fingerprint density at radius 2 is 2.17 bits per heavy atom. The summed E-state index contributed by atoms with van der Waals surface area (Å²) in [6.07, 6.45) is 0.898. The molecule has 5 nitrogen and oxygen atoms in total. The number of fused-ring (bicyclic) bond motifs is 1. The lowest BCUT2D eigenvalue weighted by Crippen LogP contribution is -2.24. The molecule has 0 radical (unpaired) electrons. The van der Waals surface area contributed by atoms with Crippen molar-refractivity contribution in [3.63, 3.8) is 0 Å². The molecule has 0 spiro atoms. The second-order valence-electron chi connectivity index (χ2n) is 4.70. The van der Waals surface area contributed by atoms with Crippen LogP contribution in [0.5, 0.6) is 11.5 Å². The van der Waals surface area contributed by atoms with E-state index in [4.69, 9.17) is 9.47 Å². The molecule has 1 unspecified atom stereocenters. The van der Waals surface area contributed by atoms with Gasteiger partial charge in [0, 0.05) is 18.3 Å². The largest absolute Gasteiger partial charge is 0.454 e. The molecule has 96 valence electrons. The van der Waals surface area contributed by atoms with Gasteiger partial charge in [0.25, 0.3) is 0 Å². The summed E-state index contributed by atoms with van der Waals surface area (Å²) in [4.78, 5) is 12.0. The van der Waals surface area contributed by atoms with Crippen LogP contribution < -0.4 is 20.1 Å². The Balaban J connectivity index is 1.78. The Bertz CT molecular complexity index is 481. The number of carbonyl (C=O) groups is 1. The van der Waals surface area contributed by atoms with Gasteiger partial charge in [-0.25, -0.2) is 0 Å². The van der Waals surface area contributed by atoms with Crippen molar-refractivity contribution in [2.75, 3.05) is 25.2 Å². The van der Waals surface area contributed by atoms with E-state index in [0.29, 0.717) is 5.75 Å². The van der Waals surface area contributed by atoms with Crippen LogP contribution in [0.4, 0.5) is 5.69 Å². The van der Waals surface area contributed by atoms with Crippen molar-refractivity contribution in [3.05, 3.63) is 17.7 Å². The Hall–Kier alpha value is -1.75. The van der Waals surface area contributed by atoms with E-state index in [1.807, 2.05) is 19.1 Å². The molecule has 18 heavy (non-hydrogen) atoms. The van der Waals surface area contributed by atoms with E-state index in [1.54, 1.807) is 0 Å². The maximum atomic E-state index is 12.0. The van der Waals surface area contributed by atoms with Crippen LogP contribution in [0.1, 0.15) is 12.0 Å². The first kappa shape index (κ1) is 11.3. The summed E-state index contributed by atoms with van der Waals surface area (Å²) in [6.45, 7) is 3.87. The summed E-state index contributed by atoms with van der Waals surface area (Å²) in [5, 5.41) is 6.16. The number of amides is 1. The van der Waals surface area contributed by atoms with Crippen LogP contribution in [0, 0.1) is 12.8 Å². The highest BCUT2D eigenvalue weighted by Gasteiger charge is 2.23. The van der Waals surface area contributed by atoms with Crippen molar-refractivity contribution in [1.82, 2.24) is 5.32 Å². The molecule has 5 heteroatoms. The molecule has 0 saturated carbocycles. The van der Waals surface area contributed by atoms with Crippen molar-refractivity contribution < 1.29 is 14.3 Å². The molecule has 1 saturated heterocycles. The van der Waals surface area contributed by atoms with Gasteiger partial charge in [-0.3, -0.25) is 4.79 Å². The normalized spacial score (nSPS) is 21.1. The van der Waals surface area contributed by atoms with Crippen molar-refractivity contribution in [3.8, 4) is 11.5 Å². The molecule has 1 fully saturated rings. The Morgan fingerprint density at radius 3 is 2.89 bits per heavy atom. The summed E-state index contributed by atoms with van der Waals surface area (Å²) < 4.78 is 10.6. The summed E-state index contributed by atoms with van der Waals surface area (Å²) in [7, 11) is 0. The Morgan fingerprint density at radius 1 is 1.39 bits per heavy atom. The van der Waals surface area contributed by atoms with Crippen molar-refractivity contribution in [2.24, 2.45) is 5.92 Å². The van der Waals surface area contributed by atoms with Gasteiger partial charge in [-0.15, -0.1) is 0 Å². The molecule has 0 aromatic heterocycles. The summed E-state index contributed by atoms with van der Waals surface area (Å²) in [5.41, 5.74) is 1.79. The van der Waals surface area contributed by atoms with Crippen molar-refractivity contribution >= 4 is 11.6 Å². The number of aryl methyl sites for hydroxylation is 1. The lowest BCUT2D eigenvalue weighted by molar-refractivity contribution is -0.119. The first-order chi connectivity index (χ1) is 8.74. The van der Waals surface area contributed by atoms with E-state index in [0.717, 1.165) is 36.5 Å². The maximum Gasteiger partial charge on any atom is 0.231 e. The molecule has 2 N–H and O–H groups in total. The van der Waals surface area contributed by atoms with E-state index < -0.39 is 0 Å². The van der Waals surface area contributed by atoms with Crippen LogP contribution in [-0.2, 0) is 4.79 Å². The predicted molar refractivity (Wildman–Crippen MR) is 66.9 cm³/mol. The zero-order valence-electron chi connectivity index (χ0n) is 10.3. The fraction of sp³-hybridized carbons (Fsp3) is 0.462. The summed E-state index contributed by atoms with van der Waals surface area (Å²) in [6, 6.07) is 3.72. The summed E-state index contributed by atoms with van der Waals surface area (Å²) >= 11 is 0. The molecule has 0 bridgehead atoms. The Labute approximate surface area is 105 Å². The molecule has 1 atom stereocenters. The number of carbonyl (C=O) groups excluding carboxylic acids is 1. The van der Waals surface area contributed by atoms with Gasteiger partial charge in [0.15, 0.2) is 11.5 Å². The summed E-state index contributed by atoms with van der Waals surface area (Å²) in [5.74, 6) is 1.57. The van der Waals surface area contributed by atoms with E-state index in [-0.39, 0.29) is 18.6 Å². The minimum absolute atomic E-state index is 0.0647. The highest BCUT2D eigenvalue weighted by Crippen LogP contribution is 2.36. The first-order valence-electron chi connectivity index (χ1n) is 6.16. The zero-order chi connectivity index (χ0) is 12.5. The van der Waals surface area contributed by atoms with E-state index in [1.165, 1.54) is 0 Å². The highest BCUT2D eigenvalue weighted by atomic mass is 16.7. The van der Waals surface area contributed by atoms with Crippen LogP contribution in [0.2, 0.25) is 0 Å². The van der Waals surface area contributed by atoms with Crippen molar-refractivity contribution in [1.29, 1.82) is 0 Å². The standard InChI is InChI=1S/C13H16N2O3/c1-8-4-11-12(18-7-17-11)5-10(8)15-13(16)9-2-3-14-6-9/h4-5,9,14H,2-3,6-7H2,1H3,(H,15,16). The number of hydrogen-bond acceptors (Lipinski definition) is 4. The average Bonchev–Trinajstić information content (AvgIpc) is 2.98. The molecule has 1 aromatic carbocycles. The minimum atomic E-state index is 0.0647. The quantitative estimate of drug-likeness (QED) is 0.827. The Kier molecular flexibility index (Phi) is 2.83. The molecule has 2 heterocycles. The predicted octanol–water partition coefficient (Wildman–Crippen LogP) is 1.27. The molecule has 1 amide bonds. The number of ether oxygens (including phenoxy) is 2. The van der Waals surface area contributed by atoms with Gasteiger partial charge < -0.3 is 20.1 Å². The maximum absolute atomic E-state index is 12.0. The SMILES string of the molecule is Cc1cc2c(cc1NC(=O)C1CCNC1)OCO2. The number of nitrogens with one attached hydrogen (secondary N) is 2. The van der Waals surface area contributed by atoms with Gasteiger partial charge in [0.1, 0.15) is 0 Å². The molecule has 3 rings (SSSR count). The van der Waals surface area contributed by atoms with Crippen LogP contribution in [0.15, 0.2) is 12.1 Å². The molecule has 2 aliphatic rings. The van der Waals surface area contributed by atoms with Crippen LogP contribution in [0.3, 0.4) is 0 Å². The number of rotatable bonds is 2. The van der Waals surface area contributed by atoms with Crippen molar-refractivity contribution in [2.45, 2.75) is 13.3 Å². The second kappa shape index (κ2) is 4.49. The topological polar surface area (TPSA) is 59.6 Å². The highest BCUT2D eigenvalue weighted by molar-refractivity contribution is 5.94. The molecular formula is C13H16N2O3. The van der Waals surface area contributed by atoms with E-state index in [2.05, 4.69) is 10.6 Å². The van der Waals surface area contributed by atoms with Crippen LogP contribution in [0.25, 0.3) is 0 Å². The second-order valence-corrected chi connectivity index (χ2v) is 4.70. The van der Waals surface area contributed by atoms with Gasteiger partial charge >= 0.3 is 0 Å². The van der Waals surface area contributed by atoms with Gasteiger partial charge in [-0.05, 0) is 31.5 Å². The lowest BCUT2D eigenvalue weighted by atomic mass is 10.1. The number of anilines is 1. The molecular weight excluding hydrogens is 232 g/mol. The van der Waals surface area contributed by atoms with Gasteiger partial charge in [0.05, 0.1) is 5.92 Å². The fourth-order valence-electron chi connectivity index (χ4n) is 2.29. The fourth-order valence-corrected chi connectivity index (χ4v) is 2.29. The monoisotopic (exact) mass is 248 g/mol. The minimum Gasteiger partial charge on any atom is -0.454 e. The number of hydrogen-bond donors (Lipinski definition) is 2. The molecule has 1 aromatic rings. The zero-order valence-corrected chi connectivity index (χ0v) is 10.3. The van der Waals surface area contributed by atoms with E-state index in [9.17, 15) is 4.79 Å². The van der Waals surface area contributed by atoms with Gasteiger partial charge in [-0.2, -0.15) is 0 Å². The average molecular weight is 248 g/mol. The van der Waals surface area contributed by atoms with Gasteiger partial charge in [0.2, 0.25) is 12.7 Å².